The number of rotatable bonds is 12. The molecule has 244 valence electrons. The normalized spacial score (nSPS) is 10.9. The van der Waals surface area contributed by atoms with E-state index >= 15 is 0 Å². The summed E-state index contributed by atoms with van der Waals surface area (Å²) in [6.45, 7) is 0.598. The van der Waals surface area contributed by atoms with Gasteiger partial charge in [-0.05, 0) is 72.5 Å². The maximum absolute atomic E-state index is 13.5. The van der Waals surface area contributed by atoms with Crippen molar-refractivity contribution in [1.29, 1.82) is 0 Å². The number of aryl methyl sites for hydroxylation is 2. The highest BCUT2D eigenvalue weighted by atomic mass is 32.2. The quantitative estimate of drug-likeness (QED) is 0.0780. The molecule has 0 bridgehead atoms. The van der Waals surface area contributed by atoms with E-state index in [1.807, 2.05) is 0 Å². The number of amides is 2. The number of nitro groups is 1. The zero-order chi connectivity index (χ0) is 34.1. The molecule has 0 radical (unpaired) electrons. The molecule has 0 saturated heterocycles. The van der Waals surface area contributed by atoms with E-state index < -0.39 is 14.8 Å². The molecular weight excluding hydrogens is 634 g/mol. The molecule has 14 heteroatoms. The molecule has 0 saturated carbocycles. The molecule has 0 atom stereocenters. The molecule has 13 nitrogen and oxygen atoms in total. The van der Waals surface area contributed by atoms with E-state index in [0.29, 0.717) is 35.3 Å². The van der Waals surface area contributed by atoms with Gasteiger partial charge in [0.05, 0.1) is 27.5 Å². The summed E-state index contributed by atoms with van der Waals surface area (Å²) in [6, 6.07) is 18.3. The van der Waals surface area contributed by atoms with E-state index in [2.05, 4.69) is 37.8 Å². The van der Waals surface area contributed by atoms with Crippen molar-refractivity contribution >= 4 is 27.3 Å². The number of nitro benzene ring substituents is 1. The molecule has 2 amide bonds. The Morgan fingerprint density at radius 1 is 0.938 bits per heavy atom. The van der Waals surface area contributed by atoms with Crippen molar-refractivity contribution in [3.05, 3.63) is 141 Å². The Hall–Kier alpha value is -6.07. The molecule has 3 aromatic carbocycles. The number of nitrogens with zero attached hydrogens (tertiary/aromatic N) is 4. The van der Waals surface area contributed by atoms with Crippen LogP contribution in [0.2, 0.25) is 0 Å². The smallest absolute Gasteiger partial charge is 0.269 e. The number of non-ortho nitro benzene ring substituents is 1. The van der Waals surface area contributed by atoms with Gasteiger partial charge in [0.1, 0.15) is 0 Å². The SMILES string of the molecule is Cn1ccc(CS(=O)(=O)c2ccc(C(=O)NCCCc3cn[nH]c3)cc2C#Cc2ccc(C(=O)NCc3ccc([N+](=O)[O-])cc3)cc2)n1. The largest absolute Gasteiger partial charge is 0.352 e. The van der Waals surface area contributed by atoms with Crippen LogP contribution in [0.15, 0.2) is 96.3 Å². The number of carbonyl (C=O) groups excluding carboxylic acids is 2. The number of aromatic nitrogens is 4. The number of hydrogen-bond donors (Lipinski definition) is 3. The minimum absolute atomic E-state index is 0.0283. The molecule has 48 heavy (non-hydrogen) atoms. The summed E-state index contributed by atoms with van der Waals surface area (Å²) >= 11 is 0. The number of H-pyrrole nitrogens is 1. The molecule has 5 rings (SSSR count). The first kappa shape index (κ1) is 33.3. The van der Waals surface area contributed by atoms with Crippen molar-refractivity contribution in [1.82, 2.24) is 30.6 Å². The van der Waals surface area contributed by atoms with Gasteiger partial charge in [-0.1, -0.05) is 24.0 Å². The lowest BCUT2D eigenvalue weighted by Gasteiger charge is -2.09. The molecule has 0 fully saturated rings. The molecule has 5 aromatic rings. The summed E-state index contributed by atoms with van der Waals surface area (Å²) in [6.07, 6.45) is 6.61. The molecule has 0 unspecified atom stereocenters. The number of hydrogen-bond acceptors (Lipinski definition) is 8. The highest BCUT2D eigenvalue weighted by Crippen LogP contribution is 2.22. The van der Waals surface area contributed by atoms with Gasteiger partial charge in [-0.3, -0.25) is 29.5 Å². The Morgan fingerprint density at radius 2 is 1.67 bits per heavy atom. The predicted octanol–water partition coefficient (Wildman–Crippen LogP) is 3.72. The highest BCUT2D eigenvalue weighted by molar-refractivity contribution is 7.90. The second kappa shape index (κ2) is 15.0. The van der Waals surface area contributed by atoms with Crippen LogP contribution in [0.25, 0.3) is 0 Å². The number of aromatic amines is 1. The molecule has 0 aliphatic rings. The zero-order valence-corrected chi connectivity index (χ0v) is 26.7. The van der Waals surface area contributed by atoms with E-state index in [9.17, 15) is 28.1 Å². The molecule has 0 aliphatic carbocycles. The summed E-state index contributed by atoms with van der Waals surface area (Å²) in [5, 5.41) is 27.3. The van der Waals surface area contributed by atoms with Crippen molar-refractivity contribution < 1.29 is 22.9 Å². The monoisotopic (exact) mass is 665 g/mol. The lowest BCUT2D eigenvalue weighted by molar-refractivity contribution is -0.384. The second-order valence-corrected chi connectivity index (χ2v) is 12.8. The second-order valence-electron chi connectivity index (χ2n) is 10.9. The first-order valence-electron chi connectivity index (χ1n) is 14.8. The van der Waals surface area contributed by atoms with Crippen LogP contribution in [0.5, 0.6) is 0 Å². The fourth-order valence-corrected chi connectivity index (χ4v) is 6.15. The van der Waals surface area contributed by atoms with Gasteiger partial charge in [0.2, 0.25) is 0 Å². The summed E-state index contributed by atoms with van der Waals surface area (Å²) in [5.41, 5.74) is 3.37. The fraction of sp³-hybridized carbons (Fsp3) is 0.176. The third-order valence-corrected chi connectivity index (χ3v) is 8.96. The van der Waals surface area contributed by atoms with E-state index in [1.165, 1.54) is 35.0 Å². The van der Waals surface area contributed by atoms with Gasteiger partial charge in [-0.25, -0.2) is 8.42 Å². The van der Waals surface area contributed by atoms with Crippen LogP contribution in [-0.2, 0) is 35.6 Å². The van der Waals surface area contributed by atoms with E-state index in [-0.39, 0.29) is 45.8 Å². The Morgan fingerprint density at radius 3 is 2.33 bits per heavy atom. The Balaban J connectivity index is 1.31. The Kier molecular flexibility index (Phi) is 10.4. The molecular formula is C34H31N7O6S. The van der Waals surface area contributed by atoms with Crippen LogP contribution in [0.4, 0.5) is 5.69 Å². The average molecular weight is 666 g/mol. The third-order valence-electron chi connectivity index (χ3n) is 7.26. The predicted molar refractivity (Wildman–Crippen MR) is 176 cm³/mol. The third kappa shape index (κ3) is 8.80. The van der Waals surface area contributed by atoms with E-state index in [0.717, 1.165) is 12.0 Å². The minimum Gasteiger partial charge on any atom is -0.352 e. The number of carbonyl (C=O) groups is 2. The van der Waals surface area contributed by atoms with Gasteiger partial charge in [0.15, 0.2) is 9.84 Å². The van der Waals surface area contributed by atoms with Crippen LogP contribution >= 0.6 is 0 Å². The van der Waals surface area contributed by atoms with Crippen molar-refractivity contribution in [2.75, 3.05) is 6.54 Å². The van der Waals surface area contributed by atoms with Crippen molar-refractivity contribution in [2.24, 2.45) is 7.05 Å². The van der Waals surface area contributed by atoms with Crippen molar-refractivity contribution in [2.45, 2.75) is 30.0 Å². The Bertz CT molecular complexity index is 2100. The van der Waals surface area contributed by atoms with E-state index in [1.54, 1.807) is 68.1 Å². The summed E-state index contributed by atoms with van der Waals surface area (Å²) < 4.78 is 28.5. The minimum atomic E-state index is -3.88. The summed E-state index contributed by atoms with van der Waals surface area (Å²) in [4.78, 5) is 36.0. The lowest BCUT2D eigenvalue weighted by atomic mass is 10.1. The molecule has 0 aliphatic heterocycles. The zero-order valence-electron chi connectivity index (χ0n) is 25.8. The van der Waals surface area contributed by atoms with Gasteiger partial charge >= 0.3 is 0 Å². The van der Waals surface area contributed by atoms with Gasteiger partial charge < -0.3 is 10.6 Å². The van der Waals surface area contributed by atoms with Crippen LogP contribution < -0.4 is 10.6 Å². The average Bonchev–Trinajstić information content (AvgIpc) is 3.76. The van der Waals surface area contributed by atoms with Gasteiger partial charge in [-0.2, -0.15) is 10.2 Å². The van der Waals surface area contributed by atoms with Crippen molar-refractivity contribution in [3.63, 3.8) is 0 Å². The van der Waals surface area contributed by atoms with Crippen molar-refractivity contribution in [3.8, 4) is 11.8 Å². The lowest BCUT2D eigenvalue weighted by Crippen LogP contribution is -2.25. The maximum Gasteiger partial charge on any atom is 0.269 e. The van der Waals surface area contributed by atoms with Crippen LogP contribution in [-0.4, -0.2) is 51.7 Å². The summed E-state index contributed by atoms with van der Waals surface area (Å²) in [5.74, 6) is 4.83. The molecule has 2 heterocycles. The van der Waals surface area contributed by atoms with Gasteiger partial charge in [0, 0.05) is 66.9 Å². The van der Waals surface area contributed by atoms with E-state index in [4.69, 9.17) is 0 Å². The number of sulfone groups is 1. The Labute approximate surface area is 276 Å². The van der Waals surface area contributed by atoms with Crippen LogP contribution in [0.3, 0.4) is 0 Å². The summed E-state index contributed by atoms with van der Waals surface area (Å²) in [7, 11) is -2.18. The highest BCUT2D eigenvalue weighted by Gasteiger charge is 2.22. The molecule has 3 N–H and O–H groups in total. The number of nitrogens with one attached hydrogen (secondary N) is 3. The van der Waals surface area contributed by atoms with Gasteiger partial charge in [-0.15, -0.1) is 0 Å². The van der Waals surface area contributed by atoms with Crippen LogP contribution in [0.1, 0.15) is 55.1 Å². The standard InChI is InChI=1S/C34H31N7O6S/c1-40-18-16-30(39-40)23-48(46,47)32-15-12-29(34(43)35-17-2-3-26-21-37-38-22-26)19-28(32)11-6-24-4-9-27(10-5-24)33(42)36-20-25-7-13-31(14-8-25)41(44)45/h4-5,7-10,12-16,18-19,21-22H,2-3,17,20,23H2,1H3,(H,35,43)(H,36,42)(H,37,38). The van der Waals surface area contributed by atoms with Crippen LogP contribution in [0, 0.1) is 22.0 Å². The molecule has 2 aromatic heterocycles. The maximum atomic E-state index is 13.5. The first-order valence-corrected chi connectivity index (χ1v) is 16.5. The number of benzene rings is 3. The van der Waals surface area contributed by atoms with Gasteiger partial charge in [0.25, 0.3) is 17.5 Å². The topological polar surface area (TPSA) is 182 Å². The fourth-order valence-electron chi connectivity index (χ4n) is 4.73. The first-order chi connectivity index (χ1) is 23.1. The molecule has 0 spiro atoms.